The van der Waals surface area contributed by atoms with Crippen molar-refractivity contribution in [2.45, 2.75) is 57.9 Å². The maximum absolute atomic E-state index is 15.0. The zero-order valence-corrected chi connectivity index (χ0v) is 20.6. The number of unbranched alkanes of at least 4 members (excludes halogenated alkanes) is 2. The normalized spacial score (nSPS) is 14.6. The zero-order valence-electron chi connectivity index (χ0n) is 20.6. The molecule has 8 heteroatoms. The van der Waals surface area contributed by atoms with Gasteiger partial charge < -0.3 is 15.2 Å². The Bertz CT molecular complexity index is 1330. The SMILES string of the molecule is CCCCCc1cnc(N2CCC(c3cnc(Cn4ccc5cc(N)cc(F)c54)c(F)c3)CC2)nc1. The summed E-state index contributed by atoms with van der Waals surface area (Å²) in [5.74, 6) is 0.210. The molecule has 0 unspecified atom stereocenters. The zero-order chi connectivity index (χ0) is 25.1. The van der Waals surface area contributed by atoms with Crippen molar-refractivity contribution in [3.05, 3.63) is 77.5 Å². The largest absolute Gasteiger partial charge is 0.399 e. The lowest BCUT2D eigenvalue weighted by molar-refractivity contribution is 0.492. The summed E-state index contributed by atoms with van der Waals surface area (Å²) in [6, 6.07) is 6.36. The number of fused-ring (bicyclic) bond motifs is 1. The monoisotopic (exact) mass is 490 g/mol. The highest BCUT2D eigenvalue weighted by Crippen LogP contribution is 2.30. The van der Waals surface area contributed by atoms with E-state index < -0.39 is 5.82 Å². The van der Waals surface area contributed by atoms with Crippen LogP contribution in [0.3, 0.4) is 0 Å². The average molecular weight is 491 g/mol. The minimum atomic E-state index is -0.422. The number of benzene rings is 1. The van der Waals surface area contributed by atoms with E-state index in [1.54, 1.807) is 35.2 Å². The third-order valence-corrected chi connectivity index (χ3v) is 7.11. The molecule has 0 bridgehead atoms. The van der Waals surface area contributed by atoms with Gasteiger partial charge in [-0.3, -0.25) is 4.98 Å². The van der Waals surface area contributed by atoms with E-state index in [2.05, 4.69) is 26.8 Å². The minimum absolute atomic E-state index is 0.153. The molecule has 1 aromatic carbocycles. The molecule has 1 saturated heterocycles. The summed E-state index contributed by atoms with van der Waals surface area (Å²) in [4.78, 5) is 15.8. The summed E-state index contributed by atoms with van der Waals surface area (Å²) in [5.41, 5.74) is 8.87. The maximum atomic E-state index is 15.0. The van der Waals surface area contributed by atoms with Crippen LogP contribution in [0.4, 0.5) is 20.4 Å². The van der Waals surface area contributed by atoms with Crippen LogP contribution in [0.25, 0.3) is 10.9 Å². The number of hydrogen-bond donors (Lipinski definition) is 1. The predicted molar refractivity (Wildman–Crippen MR) is 139 cm³/mol. The molecule has 0 saturated carbocycles. The highest BCUT2D eigenvalue weighted by atomic mass is 19.1. The van der Waals surface area contributed by atoms with Crippen molar-refractivity contribution in [2.24, 2.45) is 0 Å². The number of rotatable bonds is 8. The van der Waals surface area contributed by atoms with E-state index in [0.29, 0.717) is 16.6 Å². The number of aromatic nitrogens is 4. The number of nitrogens with two attached hydrogens (primary N) is 1. The van der Waals surface area contributed by atoms with Crippen LogP contribution < -0.4 is 10.6 Å². The summed E-state index contributed by atoms with van der Waals surface area (Å²) >= 11 is 0. The fourth-order valence-corrected chi connectivity index (χ4v) is 5.06. The smallest absolute Gasteiger partial charge is 0.225 e. The summed E-state index contributed by atoms with van der Waals surface area (Å²) in [6.07, 6.45) is 13.8. The topological polar surface area (TPSA) is 72.9 Å². The second-order valence-electron chi connectivity index (χ2n) is 9.69. The molecular weight excluding hydrogens is 458 g/mol. The van der Waals surface area contributed by atoms with Crippen molar-refractivity contribution in [3.63, 3.8) is 0 Å². The quantitative estimate of drug-likeness (QED) is 0.248. The summed E-state index contributed by atoms with van der Waals surface area (Å²) in [6.45, 7) is 4.00. The van der Waals surface area contributed by atoms with Crippen LogP contribution in [-0.2, 0) is 13.0 Å². The molecule has 5 rings (SSSR count). The molecule has 0 amide bonds. The third-order valence-electron chi connectivity index (χ3n) is 7.11. The Balaban J connectivity index is 1.21. The average Bonchev–Trinajstić information content (AvgIpc) is 3.28. The van der Waals surface area contributed by atoms with Gasteiger partial charge in [0.1, 0.15) is 11.6 Å². The molecule has 36 heavy (non-hydrogen) atoms. The summed E-state index contributed by atoms with van der Waals surface area (Å²) in [7, 11) is 0. The van der Waals surface area contributed by atoms with Gasteiger partial charge in [0, 0.05) is 49.0 Å². The van der Waals surface area contributed by atoms with Crippen molar-refractivity contribution in [2.75, 3.05) is 23.7 Å². The molecule has 1 fully saturated rings. The van der Waals surface area contributed by atoms with Gasteiger partial charge in [-0.1, -0.05) is 19.8 Å². The summed E-state index contributed by atoms with van der Waals surface area (Å²) in [5, 5.41) is 0.686. The van der Waals surface area contributed by atoms with Gasteiger partial charge in [0.2, 0.25) is 5.95 Å². The number of nitrogens with zero attached hydrogens (tertiary/aromatic N) is 5. The first-order valence-corrected chi connectivity index (χ1v) is 12.8. The molecule has 0 spiro atoms. The molecule has 0 aliphatic carbocycles. The van der Waals surface area contributed by atoms with E-state index in [9.17, 15) is 4.39 Å². The van der Waals surface area contributed by atoms with E-state index in [1.165, 1.54) is 30.9 Å². The van der Waals surface area contributed by atoms with Crippen LogP contribution in [-0.4, -0.2) is 32.6 Å². The van der Waals surface area contributed by atoms with Gasteiger partial charge in [-0.05, 0) is 67.0 Å². The van der Waals surface area contributed by atoms with Gasteiger partial charge in [0.25, 0.3) is 0 Å². The number of halogens is 2. The molecule has 1 aliphatic rings. The molecule has 2 N–H and O–H groups in total. The first-order valence-electron chi connectivity index (χ1n) is 12.8. The van der Waals surface area contributed by atoms with Gasteiger partial charge in [0.15, 0.2) is 0 Å². The van der Waals surface area contributed by atoms with Crippen molar-refractivity contribution >= 4 is 22.5 Å². The highest BCUT2D eigenvalue weighted by molar-refractivity contribution is 5.84. The highest BCUT2D eigenvalue weighted by Gasteiger charge is 2.23. The Labute approximate surface area is 210 Å². The summed E-state index contributed by atoms with van der Waals surface area (Å²) < 4.78 is 31.2. The third kappa shape index (κ3) is 5.17. The number of pyridine rings is 1. The number of anilines is 2. The number of piperidine rings is 1. The van der Waals surface area contributed by atoms with Crippen molar-refractivity contribution in [1.29, 1.82) is 0 Å². The maximum Gasteiger partial charge on any atom is 0.225 e. The van der Waals surface area contributed by atoms with E-state index in [1.807, 2.05) is 12.4 Å². The van der Waals surface area contributed by atoms with Crippen LogP contribution in [0.2, 0.25) is 0 Å². The molecular formula is C28H32F2N6. The number of hydrogen-bond acceptors (Lipinski definition) is 5. The minimum Gasteiger partial charge on any atom is -0.399 e. The van der Waals surface area contributed by atoms with Gasteiger partial charge >= 0.3 is 0 Å². The Morgan fingerprint density at radius 3 is 2.47 bits per heavy atom. The molecule has 1 aliphatic heterocycles. The van der Waals surface area contributed by atoms with Crippen molar-refractivity contribution < 1.29 is 8.78 Å². The Morgan fingerprint density at radius 1 is 0.972 bits per heavy atom. The molecule has 3 aromatic heterocycles. The molecule has 4 heterocycles. The standard InChI is InChI=1S/C28H32F2N6/c1-2-3-4-5-19-15-33-28(34-16-19)35-9-6-20(7-10-35)22-13-24(29)26(32-17-22)18-36-11-8-21-12-23(31)14-25(30)27(21)36/h8,11-17,20H,2-7,9-10,18,31H2,1H3. The molecule has 4 aromatic rings. The van der Waals surface area contributed by atoms with E-state index in [-0.39, 0.29) is 24.0 Å². The molecule has 188 valence electrons. The Kier molecular flexibility index (Phi) is 7.11. The first kappa shape index (κ1) is 24.2. The Hall–Kier alpha value is -3.55. The van der Waals surface area contributed by atoms with Crippen LogP contribution >= 0.6 is 0 Å². The van der Waals surface area contributed by atoms with Crippen LogP contribution in [0.15, 0.2) is 49.1 Å². The lowest BCUT2D eigenvalue weighted by atomic mass is 9.90. The van der Waals surface area contributed by atoms with E-state index in [0.717, 1.165) is 43.9 Å². The second kappa shape index (κ2) is 10.6. The fourth-order valence-electron chi connectivity index (χ4n) is 5.06. The van der Waals surface area contributed by atoms with Gasteiger partial charge in [0.05, 0.1) is 17.8 Å². The lowest BCUT2D eigenvalue weighted by Crippen LogP contribution is -2.34. The number of aryl methyl sites for hydroxylation is 1. The van der Waals surface area contributed by atoms with E-state index in [4.69, 9.17) is 5.73 Å². The van der Waals surface area contributed by atoms with Crippen LogP contribution in [0.5, 0.6) is 0 Å². The van der Waals surface area contributed by atoms with Crippen molar-refractivity contribution in [3.8, 4) is 0 Å². The second-order valence-corrected chi connectivity index (χ2v) is 9.69. The number of nitrogen functional groups attached to an aromatic ring is 1. The van der Waals surface area contributed by atoms with Crippen LogP contribution in [0.1, 0.15) is 61.8 Å². The molecule has 0 radical (unpaired) electrons. The van der Waals surface area contributed by atoms with Gasteiger partial charge in [-0.25, -0.2) is 18.7 Å². The molecule has 6 nitrogen and oxygen atoms in total. The molecule has 0 atom stereocenters. The fraction of sp³-hybridized carbons (Fsp3) is 0.393. The first-order chi connectivity index (χ1) is 17.5. The predicted octanol–water partition coefficient (Wildman–Crippen LogP) is 5.85. The van der Waals surface area contributed by atoms with Gasteiger partial charge in [-0.15, -0.1) is 0 Å². The van der Waals surface area contributed by atoms with Crippen molar-refractivity contribution in [1.82, 2.24) is 19.5 Å². The Morgan fingerprint density at radius 2 is 1.75 bits per heavy atom. The lowest BCUT2D eigenvalue weighted by Gasteiger charge is -2.32. The van der Waals surface area contributed by atoms with Crippen LogP contribution in [0, 0.1) is 11.6 Å². The van der Waals surface area contributed by atoms with E-state index >= 15 is 4.39 Å². The van der Waals surface area contributed by atoms with Gasteiger partial charge in [-0.2, -0.15) is 0 Å².